The Morgan fingerprint density at radius 1 is 1.10 bits per heavy atom. The van der Waals surface area contributed by atoms with Crippen LogP contribution in [0.25, 0.3) is 0 Å². The second kappa shape index (κ2) is 10.5. The maximum absolute atomic E-state index is 12.9. The maximum Gasteiger partial charge on any atom is 0.293 e. The molecule has 1 aromatic carbocycles. The summed E-state index contributed by atoms with van der Waals surface area (Å²) in [6.45, 7) is 5.00. The van der Waals surface area contributed by atoms with E-state index in [-0.39, 0.29) is 23.7 Å². The Labute approximate surface area is 177 Å². The van der Waals surface area contributed by atoms with Crippen molar-refractivity contribution in [1.82, 2.24) is 9.21 Å². The van der Waals surface area contributed by atoms with E-state index in [9.17, 15) is 23.6 Å². The Kier molecular flexibility index (Phi) is 8.00. The number of aliphatic hydroxyl groups excluding tert-OH is 1. The monoisotopic (exact) mass is 442 g/mol. The second-order valence-electron chi connectivity index (χ2n) is 7.54. The molecule has 2 aliphatic heterocycles. The first-order valence-corrected chi connectivity index (χ1v) is 11.8. The van der Waals surface area contributed by atoms with Crippen LogP contribution in [0.2, 0.25) is 0 Å². The first-order chi connectivity index (χ1) is 14.4. The largest absolute Gasteiger partial charge is 0.395 e. The van der Waals surface area contributed by atoms with Gasteiger partial charge in [-0.05, 0) is 25.0 Å². The first-order valence-electron chi connectivity index (χ1n) is 10.4. The van der Waals surface area contributed by atoms with Crippen molar-refractivity contribution in [3.63, 3.8) is 0 Å². The zero-order valence-corrected chi connectivity index (χ0v) is 17.9. The van der Waals surface area contributed by atoms with Gasteiger partial charge in [0, 0.05) is 51.9 Å². The number of nitro groups is 1. The second-order valence-corrected chi connectivity index (χ2v) is 9.47. The molecule has 0 bridgehead atoms. The number of nitro benzene ring substituents is 1. The van der Waals surface area contributed by atoms with Gasteiger partial charge in [0.1, 0.15) is 5.69 Å². The highest BCUT2D eigenvalue weighted by Crippen LogP contribution is 2.32. The fourth-order valence-electron chi connectivity index (χ4n) is 3.89. The number of sulfonamides is 1. The van der Waals surface area contributed by atoms with Crippen molar-refractivity contribution in [2.45, 2.75) is 24.2 Å². The van der Waals surface area contributed by atoms with Crippen LogP contribution in [0.4, 0.5) is 11.4 Å². The van der Waals surface area contributed by atoms with Crippen LogP contribution >= 0.6 is 0 Å². The van der Waals surface area contributed by atoms with Crippen LogP contribution in [0.5, 0.6) is 0 Å². The molecule has 30 heavy (non-hydrogen) atoms. The number of rotatable bonds is 9. The van der Waals surface area contributed by atoms with Crippen molar-refractivity contribution in [2.75, 3.05) is 70.5 Å². The van der Waals surface area contributed by atoms with Gasteiger partial charge in [-0.3, -0.25) is 15.0 Å². The zero-order chi connectivity index (χ0) is 21.6. The van der Waals surface area contributed by atoms with Crippen LogP contribution in [0.1, 0.15) is 19.3 Å². The summed E-state index contributed by atoms with van der Waals surface area (Å²) in [5.41, 5.74) is 0.0587. The molecule has 0 saturated carbocycles. The van der Waals surface area contributed by atoms with Gasteiger partial charge in [-0.15, -0.1) is 0 Å². The highest BCUT2D eigenvalue weighted by atomic mass is 32.2. The molecular weight excluding hydrogens is 412 g/mol. The number of hydrogen-bond acceptors (Lipinski definition) is 8. The number of hydrogen-bond donors (Lipinski definition) is 1. The van der Waals surface area contributed by atoms with E-state index in [4.69, 9.17) is 4.74 Å². The van der Waals surface area contributed by atoms with Gasteiger partial charge in [-0.1, -0.05) is 6.42 Å². The fraction of sp³-hybridized carbons (Fsp3) is 0.684. The van der Waals surface area contributed by atoms with Crippen molar-refractivity contribution < 1.29 is 23.2 Å². The van der Waals surface area contributed by atoms with E-state index in [0.29, 0.717) is 45.1 Å². The number of aliphatic hydroxyl groups is 1. The molecule has 1 N–H and O–H groups in total. The quantitative estimate of drug-likeness (QED) is 0.443. The molecule has 0 aliphatic carbocycles. The van der Waals surface area contributed by atoms with Gasteiger partial charge in [0.2, 0.25) is 10.0 Å². The summed E-state index contributed by atoms with van der Waals surface area (Å²) in [7, 11) is -3.76. The number of nitrogens with zero attached hydrogens (tertiary/aromatic N) is 4. The number of morpholine rings is 1. The minimum absolute atomic E-state index is 0.0584. The Hall–Kier alpha value is -1.79. The van der Waals surface area contributed by atoms with E-state index in [1.165, 1.54) is 16.4 Å². The summed E-state index contributed by atoms with van der Waals surface area (Å²) in [4.78, 5) is 15.1. The van der Waals surface area contributed by atoms with Crippen molar-refractivity contribution in [3.05, 3.63) is 28.3 Å². The third kappa shape index (κ3) is 5.46. The molecule has 0 amide bonds. The lowest BCUT2D eigenvalue weighted by Crippen LogP contribution is -2.42. The molecule has 0 atom stereocenters. The molecule has 1 aromatic rings. The summed E-state index contributed by atoms with van der Waals surface area (Å²) in [5, 5.41) is 21.2. The molecule has 0 aromatic heterocycles. The number of benzene rings is 1. The molecule has 0 radical (unpaired) electrons. The van der Waals surface area contributed by atoms with Gasteiger partial charge in [0.05, 0.1) is 29.6 Å². The minimum atomic E-state index is -3.76. The van der Waals surface area contributed by atoms with Crippen molar-refractivity contribution in [3.8, 4) is 0 Å². The molecule has 168 valence electrons. The predicted octanol–water partition coefficient (Wildman–Crippen LogP) is 0.900. The Morgan fingerprint density at radius 2 is 1.80 bits per heavy atom. The Balaban J connectivity index is 1.84. The topological polar surface area (TPSA) is 116 Å². The van der Waals surface area contributed by atoms with E-state index in [1.807, 2.05) is 0 Å². The summed E-state index contributed by atoms with van der Waals surface area (Å²) >= 11 is 0. The van der Waals surface area contributed by atoms with E-state index in [1.54, 1.807) is 4.90 Å². The number of piperidine rings is 1. The van der Waals surface area contributed by atoms with Crippen LogP contribution in [0.3, 0.4) is 0 Å². The predicted molar refractivity (Wildman–Crippen MR) is 112 cm³/mol. The van der Waals surface area contributed by atoms with Gasteiger partial charge >= 0.3 is 0 Å². The molecule has 0 unspecified atom stereocenters. The smallest absolute Gasteiger partial charge is 0.293 e. The molecule has 2 aliphatic rings. The molecule has 2 saturated heterocycles. The molecule has 0 spiro atoms. The van der Waals surface area contributed by atoms with Crippen molar-refractivity contribution in [2.24, 2.45) is 0 Å². The molecule has 2 fully saturated rings. The van der Waals surface area contributed by atoms with Crippen LogP contribution in [-0.2, 0) is 14.8 Å². The normalized spacial score (nSPS) is 19.0. The van der Waals surface area contributed by atoms with Crippen LogP contribution < -0.4 is 4.90 Å². The SMILES string of the molecule is O=[N+]([O-])c1cc(S(=O)(=O)N2CCCCC2)ccc1N(CCO)CCN1CCOCC1. The highest BCUT2D eigenvalue weighted by Gasteiger charge is 2.29. The van der Waals surface area contributed by atoms with Gasteiger partial charge in [-0.25, -0.2) is 8.42 Å². The van der Waals surface area contributed by atoms with E-state index in [0.717, 1.165) is 38.4 Å². The molecule has 2 heterocycles. The average molecular weight is 443 g/mol. The third-order valence-electron chi connectivity index (χ3n) is 5.60. The van der Waals surface area contributed by atoms with E-state index in [2.05, 4.69) is 4.90 Å². The van der Waals surface area contributed by atoms with Gasteiger partial charge < -0.3 is 14.7 Å². The minimum Gasteiger partial charge on any atom is -0.395 e. The van der Waals surface area contributed by atoms with E-state index < -0.39 is 14.9 Å². The standard InChI is InChI=1S/C19H30N4O6S/c24-13-10-21(9-8-20-11-14-29-15-12-20)18-5-4-17(16-19(18)23(25)26)30(27,28)22-6-2-1-3-7-22/h4-5,16,24H,1-3,6-15H2. The lowest BCUT2D eigenvalue weighted by molar-refractivity contribution is -0.384. The Bertz CT molecular complexity index is 822. The van der Waals surface area contributed by atoms with Crippen LogP contribution in [0, 0.1) is 10.1 Å². The van der Waals surface area contributed by atoms with Gasteiger partial charge in [-0.2, -0.15) is 4.31 Å². The average Bonchev–Trinajstić information content (AvgIpc) is 2.77. The number of anilines is 1. The highest BCUT2D eigenvalue weighted by molar-refractivity contribution is 7.89. The number of ether oxygens (including phenoxy) is 1. The van der Waals surface area contributed by atoms with Crippen LogP contribution in [0.15, 0.2) is 23.1 Å². The molecule has 10 nitrogen and oxygen atoms in total. The van der Waals surface area contributed by atoms with Crippen molar-refractivity contribution in [1.29, 1.82) is 0 Å². The van der Waals surface area contributed by atoms with E-state index >= 15 is 0 Å². The Morgan fingerprint density at radius 3 is 2.43 bits per heavy atom. The fourth-order valence-corrected chi connectivity index (χ4v) is 5.43. The summed E-state index contributed by atoms with van der Waals surface area (Å²) in [6, 6.07) is 4.08. The summed E-state index contributed by atoms with van der Waals surface area (Å²) < 4.78 is 32.6. The molecular formula is C19H30N4O6S. The third-order valence-corrected chi connectivity index (χ3v) is 7.49. The zero-order valence-electron chi connectivity index (χ0n) is 17.1. The van der Waals surface area contributed by atoms with Gasteiger partial charge in [0.15, 0.2) is 0 Å². The summed E-state index contributed by atoms with van der Waals surface area (Å²) in [5.74, 6) is 0. The van der Waals surface area contributed by atoms with Crippen LogP contribution in [-0.4, -0.2) is 93.3 Å². The first kappa shape index (κ1) is 22.9. The molecule has 11 heteroatoms. The van der Waals surface area contributed by atoms with Gasteiger partial charge in [0.25, 0.3) is 5.69 Å². The summed E-state index contributed by atoms with van der Waals surface area (Å²) in [6.07, 6.45) is 2.58. The molecule has 3 rings (SSSR count). The van der Waals surface area contributed by atoms with Crippen molar-refractivity contribution >= 4 is 21.4 Å². The lowest BCUT2D eigenvalue weighted by atomic mass is 10.2. The maximum atomic E-state index is 12.9. The lowest BCUT2D eigenvalue weighted by Gasteiger charge is -2.31.